The summed E-state index contributed by atoms with van der Waals surface area (Å²) < 4.78 is 22.4. The molecule has 29 heavy (non-hydrogen) atoms. The molecule has 0 aliphatic heterocycles. The second-order valence-electron chi connectivity index (χ2n) is 6.56. The fourth-order valence-corrected chi connectivity index (χ4v) is 3.40. The fraction of sp³-hybridized carbons (Fsp3) is 0.348. The molecule has 6 heteroatoms. The van der Waals surface area contributed by atoms with Crippen molar-refractivity contribution in [3.8, 4) is 16.9 Å². The van der Waals surface area contributed by atoms with Crippen LogP contribution in [0.1, 0.15) is 13.8 Å². The third-order valence-corrected chi connectivity index (χ3v) is 4.66. The predicted molar refractivity (Wildman–Crippen MR) is 115 cm³/mol. The molecular formula is C23H27NO5. The van der Waals surface area contributed by atoms with Crippen LogP contribution in [0.5, 0.6) is 5.75 Å². The van der Waals surface area contributed by atoms with Crippen molar-refractivity contribution in [2.24, 2.45) is 0 Å². The van der Waals surface area contributed by atoms with Crippen LogP contribution in [0.2, 0.25) is 0 Å². The molecule has 0 fully saturated rings. The van der Waals surface area contributed by atoms with Gasteiger partial charge in [-0.1, -0.05) is 30.3 Å². The third-order valence-electron chi connectivity index (χ3n) is 4.66. The van der Waals surface area contributed by atoms with Crippen molar-refractivity contribution >= 4 is 16.7 Å². The lowest BCUT2D eigenvalue weighted by Crippen LogP contribution is -2.35. The molecule has 0 N–H and O–H groups in total. The summed E-state index contributed by atoms with van der Waals surface area (Å²) in [6, 6.07) is 15.2. The smallest absolute Gasteiger partial charge is 0.360 e. The average Bonchev–Trinajstić information content (AvgIpc) is 2.73. The molecular weight excluding hydrogens is 370 g/mol. The number of benzene rings is 2. The van der Waals surface area contributed by atoms with Gasteiger partial charge >= 0.3 is 5.63 Å². The summed E-state index contributed by atoms with van der Waals surface area (Å²) in [6.07, 6.45) is -0.445. The first-order valence-corrected chi connectivity index (χ1v) is 9.73. The Bertz CT molecular complexity index is 1010. The van der Waals surface area contributed by atoms with Gasteiger partial charge in [-0.15, -0.1) is 0 Å². The molecule has 0 atom stereocenters. The number of hydrogen-bond acceptors (Lipinski definition) is 6. The minimum absolute atomic E-state index is 0.391. The largest absolute Gasteiger partial charge is 0.497 e. The van der Waals surface area contributed by atoms with E-state index in [0.29, 0.717) is 31.0 Å². The summed E-state index contributed by atoms with van der Waals surface area (Å²) in [6.45, 7) is 5.26. The highest BCUT2D eigenvalue weighted by Gasteiger charge is 2.22. The first kappa shape index (κ1) is 20.9. The molecule has 154 valence electrons. The third kappa shape index (κ3) is 4.60. The molecule has 3 aromatic rings. The predicted octanol–water partition coefficient (Wildman–Crippen LogP) is 4.30. The molecule has 1 heterocycles. The van der Waals surface area contributed by atoms with Crippen LogP contribution in [0.25, 0.3) is 22.1 Å². The van der Waals surface area contributed by atoms with Crippen LogP contribution < -0.4 is 15.3 Å². The summed E-state index contributed by atoms with van der Waals surface area (Å²) in [5.74, 6) is 0.718. The minimum Gasteiger partial charge on any atom is -0.497 e. The normalized spacial score (nSPS) is 11.2. The minimum atomic E-state index is -0.445. The van der Waals surface area contributed by atoms with Crippen molar-refractivity contribution in [2.75, 3.05) is 38.8 Å². The molecule has 0 aliphatic rings. The number of likely N-dealkylation sites (N-methyl/N-ethyl adjacent to an activating group) is 1. The zero-order valence-corrected chi connectivity index (χ0v) is 17.3. The second-order valence-corrected chi connectivity index (χ2v) is 6.56. The fourth-order valence-electron chi connectivity index (χ4n) is 3.40. The highest BCUT2D eigenvalue weighted by Crippen LogP contribution is 2.36. The van der Waals surface area contributed by atoms with Crippen molar-refractivity contribution < 1.29 is 18.6 Å². The maximum atomic E-state index is 13.0. The van der Waals surface area contributed by atoms with E-state index in [1.807, 2.05) is 68.3 Å². The molecule has 0 bridgehead atoms. The van der Waals surface area contributed by atoms with E-state index in [4.69, 9.17) is 18.6 Å². The number of hydrogen-bond donors (Lipinski definition) is 0. The molecule has 6 nitrogen and oxygen atoms in total. The molecule has 0 unspecified atom stereocenters. The van der Waals surface area contributed by atoms with Crippen LogP contribution in [0.3, 0.4) is 0 Å². The Morgan fingerprint density at radius 3 is 2.45 bits per heavy atom. The maximum Gasteiger partial charge on any atom is 0.360 e. The van der Waals surface area contributed by atoms with E-state index in [-0.39, 0.29) is 0 Å². The van der Waals surface area contributed by atoms with E-state index in [1.165, 1.54) is 0 Å². The zero-order chi connectivity index (χ0) is 20.8. The molecule has 0 aliphatic carbocycles. The van der Waals surface area contributed by atoms with Gasteiger partial charge in [0.05, 0.1) is 13.7 Å². The van der Waals surface area contributed by atoms with Crippen LogP contribution in [-0.2, 0) is 9.47 Å². The number of methoxy groups -OCH3 is 1. The molecule has 0 saturated heterocycles. The Hall–Kier alpha value is -2.83. The summed E-state index contributed by atoms with van der Waals surface area (Å²) in [7, 11) is 3.47. The van der Waals surface area contributed by atoms with Crippen molar-refractivity contribution in [3.63, 3.8) is 0 Å². The molecule has 0 amide bonds. The number of ether oxygens (including phenoxy) is 3. The Kier molecular flexibility index (Phi) is 6.90. The number of anilines is 1. The Balaban J connectivity index is 2.17. The van der Waals surface area contributed by atoms with Gasteiger partial charge in [-0.2, -0.15) is 0 Å². The standard InChI is InChI=1S/C23H27NO5/c1-5-27-20(28-6-2)15-24(3)22-21(16-10-9-11-17(14-16)26-4)18-12-7-8-13-19(18)29-23(22)25/h7-14,20H,5-6,15H2,1-4H3. The summed E-state index contributed by atoms with van der Waals surface area (Å²) >= 11 is 0. The topological polar surface area (TPSA) is 61.1 Å². The molecule has 0 radical (unpaired) electrons. The van der Waals surface area contributed by atoms with Crippen molar-refractivity contribution in [1.29, 1.82) is 0 Å². The lowest BCUT2D eigenvalue weighted by atomic mass is 9.99. The van der Waals surface area contributed by atoms with Gasteiger partial charge < -0.3 is 23.5 Å². The van der Waals surface area contributed by atoms with E-state index in [1.54, 1.807) is 13.2 Å². The molecule has 0 saturated carbocycles. The van der Waals surface area contributed by atoms with Gasteiger partial charge in [-0.05, 0) is 37.6 Å². The molecule has 1 aromatic heterocycles. The van der Waals surface area contributed by atoms with Gasteiger partial charge in [-0.3, -0.25) is 0 Å². The lowest BCUT2D eigenvalue weighted by molar-refractivity contribution is -0.129. The number of fused-ring (bicyclic) bond motifs is 1. The monoisotopic (exact) mass is 397 g/mol. The van der Waals surface area contributed by atoms with Gasteiger partial charge in [0.15, 0.2) is 6.29 Å². The van der Waals surface area contributed by atoms with E-state index in [9.17, 15) is 4.79 Å². The Labute approximate surface area is 170 Å². The summed E-state index contributed by atoms with van der Waals surface area (Å²) in [4.78, 5) is 14.8. The average molecular weight is 397 g/mol. The highest BCUT2D eigenvalue weighted by molar-refractivity contribution is 5.99. The quantitative estimate of drug-likeness (QED) is 0.396. The van der Waals surface area contributed by atoms with Gasteiger partial charge in [0.1, 0.15) is 17.0 Å². The van der Waals surface area contributed by atoms with Gasteiger partial charge in [0, 0.05) is 31.2 Å². The maximum absolute atomic E-state index is 13.0. The van der Waals surface area contributed by atoms with Gasteiger partial charge in [-0.25, -0.2) is 4.79 Å². The number of nitrogens with zero attached hydrogens (tertiary/aromatic N) is 1. The van der Waals surface area contributed by atoms with Gasteiger partial charge in [0.2, 0.25) is 0 Å². The van der Waals surface area contributed by atoms with E-state index < -0.39 is 11.9 Å². The second kappa shape index (κ2) is 9.58. The molecule has 2 aromatic carbocycles. The summed E-state index contributed by atoms with van der Waals surface area (Å²) in [5.41, 5.74) is 2.26. The van der Waals surface area contributed by atoms with Crippen LogP contribution in [-0.4, -0.2) is 40.2 Å². The van der Waals surface area contributed by atoms with Crippen LogP contribution in [0, 0.1) is 0 Å². The lowest BCUT2D eigenvalue weighted by Gasteiger charge is -2.26. The van der Waals surface area contributed by atoms with Crippen molar-refractivity contribution in [2.45, 2.75) is 20.1 Å². The number of para-hydroxylation sites is 1. The molecule has 0 spiro atoms. The molecule has 3 rings (SSSR count). The van der Waals surface area contributed by atoms with E-state index in [0.717, 1.165) is 22.3 Å². The van der Waals surface area contributed by atoms with Crippen LogP contribution in [0.15, 0.2) is 57.7 Å². The first-order valence-electron chi connectivity index (χ1n) is 9.73. The first-order chi connectivity index (χ1) is 14.1. The van der Waals surface area contributed by atoms with Crippen molar-refractivity contribution in [3.05, 3.63) is 59.0 Å². The van der Waals surface area contributed by atoms with Gasteiger partial charge in [0.25, 0.3) is 0 Å². The number of rotatable bonds is 9. The zero-order valence-electron chi connectivity index (χ0n) is 17.3. The Morgan fingerprint density at radius 2 is 1.76 bits per heavy atom. The SMILES string of the molecule is CCOC(CN(C)c1c(-c2cccc(OC)c2)c2ccccc2oc1=O)OCC. The Morgan fingerprint density at radius 1 is 1.03 bits per heavy atom. The summed E-state index contributed by atoms with van der Waals surface area (Å²) in [5, 5.41) is 0.853. The van der Waals surface area contributed by atoms with Crippen LogP contribution >= 0.6 is 0 Å². The van der Waals surface area contributed by atoms with Crippen LogP contribution in [0.4, 0.5) is 5.69 Å². The van der Waals surface area contributed by atoms with Crippen molar-refractivity contribution in [1.82, 2.24) is 0 Å². The highest BCUT2D eigenvalue weighted by atomic mass is 16.7. The van der Waals surface area contributed by atoms with E-state index >= 15 is 0 Å². The van der Waals surface area contributed by atoms with E-state index in [2.05, 4.69) is 0 Å².